The first-order chi connectivity index (χ1) is 11.6. The normalized spacial score (nSPS) is 16.6. The Kier molecular flexibility index (Phi) is 4.07. The number of amides is 1. The Morgan fingerprint density at radius 2 is 2.25 bits per heavy atom. The molecule has 1 saturated heterocycles. The highest BCUT2D eigenvalue weighted by atomic mass is 16.6. The minimum absolute atomic E-state index is 0.0731. The van der Waals surface area contributed by atoms with Crippen molar-refractivity contribution in [1.29, 1.82) is 5.26 Å². The van der Waals surface area contributed by atoms with Crippen LogP contribution in [0.2, 0.25) is 0 Å². The van der Waals surface area contributed by atoms with Gasteiger partial charge in [0.25, 0.3) is 11.8 Å². The van der Waals surface area contributed by atoms with E-state index >= 15 is 0 Å². The largest absolute Gasteiger partial charge is 0.470 e. The van der Waals surface area contributed by atoms with Gasteiger partial charge < -0.3 is 14.1 Å². The summed E-state index contributed by atoms with van der Waals surface area (Å²) in [6.45, 7) is 0.662. The Bertz CT molecular complexity index is 827. The lowest BCUT2D eigenvalue weighted by molar-refractivity contribution is -0.402. The quantitative estimate of drug-likeness (QED) is 0.601. The van der Waals surface area contributed by atoms with Gasteiger partial charge in [-0.3, -0.25) is 14.9 Å². The van der Waals surface area contributed by atoms with E-state index in [0.29, 0.717) is 13.0 Å². The lowest BCUT2D eigenvalue weighted by atomic mass is 10.3. The van der Waals surface area contributed by atoms with E-state index in [9.17, 15) is 14.9 Å². The van der Waals surface area contributed by atoms with Crippen LogP contribution in [0.4, 0.5) is 5.88 Å². The van der Waals surface area contributed by atoms with Gasteiger partial charge in [0.05, 0.1) is 12.6 Å². The molecule has 1 fully saturated rings. The van der Waals surface area contributed by atoms with Crippen LogP contribution >= 0.6 is 0 Å². The van der Waals surface area contributed by atoms with Gasteiger partial charge in [0.2, 0.25) is 5.69 Å². The molecule has 0 saturated carbocycles. The number of carbonyl (C=O) groups is 1. The molecule has 122 valence electrons. The summed E-state index contributed by atoms with van der Waals surface area (Å²) in [5.41, 5.74) is 0.0731. The van der Waals surface area contributed by atoms with E-state index in [1.54, 1.807) is 0 Å². The average molecular weight is 329 g/mol. The van der Waals surface area contributed by atoms with Crippen LogP contribution in [0.3, 0.4) is 0 Å². The molecule has 2 aromatic rings. The van der Waals surface area contributed by atoms with E-state index in [1.807, 2.05) is 6.07 Å². The van der Waals surface area contributed by atoms with Gasteiger partial charge in [-0.25, -0.2) is 9.97 Å². The van der Waals surface area contributed by atoms with Crippen LogP contribution in [0.15, 0.2) is 28.9 Å². The average Bonchev–Trinajstić information content (AvgIpc) is 3.24. The maximum absolute atomic E-state index is 12.3. The fourth-order valence-corrected chi connectivity index (χ4v) is 2.35. The molecule has 24 heavy (non-hydrogen) atoms. The Labute approximate surface area is 135 Å². The molecule has 1 aliphatic rings. The number of rotatable bonds is 4. The van der Waals surface area contributed by atoms with Crippen molar-refractivity contribution in [2.24, 2.45) is 0 Å². The third-order valence-corrected chi connectivity index (χ3v) is 3.46. The number of hydrogen-bond acceptors (Lipinski definition) is 8. The van der Waals surface area contributed by atoms with Crippen LogP contribution in [-0.4, -0.2) is 44.9 Å². The summed E-state index contributed by atoms with van der Waals surface area (Å²) in [6.07, 6.45) is 2.99. The zero-order chi connectivity index (χ0) is 17.1. The van der Waals surface area contributed by atoms with E-state index < -0.39 is 16.7 Å². The molecule has 0 aromatic carbocycles. The van der Waals surface area contributed by atoms with Crippen LogP contribution in [0.25, 0.3) is 0 Å². The molecule has 3 heterocycles. The topological polar surface area (TPSA) is 135 Å². The summed E-state index contributed by atoms with van der Waals surface area (Å²) in [6, 6.07) is 4.29. The molecule has 0 spiro atoms. The van der Waals surface area contributed by atoms with Crippen LogP contribution < -0.4 is 4.74 Å². The van der Waals surface area contributed by atoms with Gasteiger partial charge in [0.15, 0.2) is 5.76 Å². The van der Waals surface area contributed by atoms with E-state index in [-0.39, 0.29) is 30.0 Å². The SMILES string of the molecule is N#Cc1nccnc1OC1CCN(C(=O)c2ccc([N+](=O)[O-])o2)C1. The van der Waals surface area contributed by atoms with Crippen molar-refractivity contribution in [2.75, 3.05) is 13.1 Å². The molecule has 10 nitrogen and oxygen atoms in total. The number of hydrogen-bond donors (Lipinski definition) is 0. The van der Waals surface area contributed by atoms with Gasteiger partial charge in [-0.1, -0.05) is 0 Å². The van der Waals surface area contributed by atoms with Gasteiger partial charge in [0, 0.05) is 25.4 Å². The molecule has 1 aliphatic heterocycles. The predicted molar refractivity (Wildman–Crippen MR) is 77.0 cm³/mol. The van der Waals surface area contributed by atoms with E-state index in [0.717, 1.165) is 6.07 Å². The zero-order valence-electron chi connectivity index (χ0n) is 12.3. The number of nitriles is 1. The second-order valence-electron chi connectivity index (χ2n) is 5.00. The first-order valence-electron chi connectivity index (χ1n) is 6.99. The van der Waals surface area contributed by atoms with E-state index in [4.69, 9.17) is 14.4 Å². The summed E-state index contributed by atoms with van der Waals surface area (Å²) in [5, 5.41) is 19.6. The van der Waals surface area contributed by atoms with Crippen molar-refractivity contribution in [3.8, 4) is 11.9 Å². The maximum Gasteiger partial charge on any atom is 0.433 e. The smallest absolute Gasteiger partial charge is 0.433 e. The van der Waals surface area contributed by atoms with Gasteiger partial charge in [-0.2, -0.15) is 5.26 Å². The van der Waals surface area contributed by atoms with Crippen molar-refractivity contribution in [3.05, 3.63) is 46.1 Å². The summed E-state index contributed by atoms with van der Waals surface area (Å²) < 4.78 is 10.5. The van der Waals surface area contributed by atoms with Crippen molar-refractivity contribution < 1.29 is 18.9 Å². The number of nitrogens with zero attached hydrogens (tertiary/aromatic N) is 5. The second kappa shape index (κ2) is 6.33. The number of aromatic nitrogens is 2. The highest BCUT2D eigenvalue weighted by molar-refractivity contribution is 5.92. The van der Waals surface area contributed by atoms with Crippen molar-refractivity contribution in [2.45, 2.75) is 12.5 Å². The van der Waals surface area contributed by atoms with E-state index in [1.165, 1.54) is 23.4 Å². The lowest BCUT2D eigenvalue weighted by Crippen LogP contribution is -2.30. The maximum atomic E-state index is 12.3. The molecule has 0 aliphatic carbocycles. The molecule has 10 heteroatoms. The molecular formula is C14H11N5O5. The van der Waals surface area contributed by atoms with Crippen LogP contribution in [-0.2, 0) is 0 Å². The van der Waals surface area contributed by atoms with Gasteiger partial charge in [-0.05, 0) is 6.07 Å². The van der Waals surface area contributed by atoms with Gasteiger partial charge in [0.1, 0.15) is 17.1 Å². The summed E-state index contributed by atoms with van der Waals surface area (Å²) in [7, 11) is 0. The summed E-state index contributed by atoms with van der Waals surface area (Å²) in [4.78, 5) is 31.5. The van der Waals surface area contributed by atoms with Crippen LogP contribution in [0.5, 0.6) is 5.88 Å². The third-order valence-electron chi connectivity index (χ3n) is 3.46. The first-order valence-corrected chi connectivity index (χ1v) is 6.99. The number of furan rings is 1. The minimum Gasteiger partial charge on any atom is -0.470 e. The molecule has 3 rings (SSSR count). The Balaban J connectivity index is 1.65. The zero-order valence-corrected chi connectivity index (χ0v) is 12.3. The molecule has 1 amide bonds. The Morgan fingerprint density at radius 3 is 2.96 bits per heavy atom. The minimum atomic E-state index is -0.704. The van der Waals surface area contributed by atoms with Crippen LogP contribution in [0.1, 0.15) is 22.7 Å². The van der Waals surface area contributed by atoms with Gasteiger partial charge in [-0.15, -0.1) is 0 Å². The molecule has 0 bridgehead atoms. The standard InChI is InChI=1S/C14H11N5O5/c15-7-10-13(17-5-4-16-10)23-9-3-6-18(8-9)14(20)11-1-2-12(24-11)19(21)22/h1-2,4-5,9H,3,6,8H2. The van der Waals surface area contributed by atoms with Crippen molar-refractivity contribution >= 4 is 11.8 Å². The highest BCUT2D eigenvalue weighted by Gasteiger charge is 2.31. The lowest BCUT2D eigenvalue weighted by Gasteiger charge is -2.15. The Morgan fingerprint density at radius 1 is 1.46 bits per heavy atom. The van der Waals surface area contributed by atoms with Crippen molar-refractivity contribution in [1.82, 2.24) is 14.9 Å². The highest BCUT2D eigenvalue weighted by Crippen LogP contribution is 2.22. The van der Waals surface area contributed by atoms with E-state index in [2.05, 4.69) is 9.97 Å². The molecule has 0 N–H and O–H groups in total. The van der Waals surface area contributed by atoms with Crippen molar-refractivity contribution in [3.63, 3.8) is 0 Å². The molecule has 0 radical (unpaired) electrons. The number of likely N-dealkylation sites (tertiary alicyclic amines) is 1. The molecule has 2 aromatic heterocycles. The number of ether oxygens (including phenoxy) is 1. The second-order valence-corrected chi connectivity index (χ2v) is 5.00. The monoisotopic (exact) mass is 329 g/mol. The number of nitro groups is 1. The predicted octanol–water partition coefficient (Wildman–Crippen LogP) is 1.14. The number of carbonyl (C=O) groups excluding carboxylic acids is 1. The molecular weight excluding hydrogens is 318 g/mol. The molecule has 1 unspecified atom stereocenters. The molecule has 1 atom stereocenters. The Hall–Kier alpha value is -3.48. The van der Waals surface area contributed by atoms with Crippen LogP contribution in [0, 0.1) is 21.4 Å². The summed E-state index contributed by atoms with van der Waals surface area (Å²) >= 11 is 0. The summed E-state index contributed by atoms with van der Waals surface area (Å²) in [5.74, 6) is -0.912. The fourth-order valence-electron chi connectivity index (χ4n) is 2.35. The first kappa shape index (κ1) is 15.4. The fraction of sp³-hybridized carbons (Fsp3) is 0.286. The van der Waals surface area contributed by atoms with Gasteiger partial charge >= 0.3 is 5.88 Å². The third kappa shape index (κ3) is 3.00.